The molecule has 0 aromatic heterocycles. The molecule has 0 radical (unpaired) electrons. The quantitative estimate of drug-likeness (QED) is 0.817. The normalized spacial score (nSPS) is 24.3. The molecular weight excluding hydrogens is 290 g/mol. The molecule has 0 N–H and O–H groups in total. The number of anilines is 1. The van der Waals surface area contributed by atoms with Crippen LogP contribution in [-0.4, -0.2) is 12.5 Å². The first-order valence-corrected chi connectivity index (χ1v) is 7.62. The Labute approximate surface area is 115 Å². The fourth-order valence-electron chi connectivity index (χ4n) is 3.33. The van der Waals surface area contributed by atoms with Gasteiger partial charge in [-0.2, -0.15) is 0 Å². The van der Waals surface area contributed by atoms with Gasteiger partial charge in [-0.15, -0.1) is 0 Å². The minimum atomic E-state index is -0.136. The molecule has 2 saturated carbocycles. The zero-order valence-corrected chi connectivity index (χ0v) is 11.9. The minimum Gasteiger partial charge on any atom is -0.311 e. The molecular formula is C15H16BrNO. The van der Waals surface area contributed by atoms with Crippen molar-refractivity contribution in [2.45, 2.75) is 37.5 Å². The second-order valence-electron chi connectivity index (χ2n) is 5.96. The van der Waals surface area contributed by atoms with Gasteiger partial charge in [0.25, 0.3) is 0 Å². The average molecular weight is 306 g/mol. The average Bonchev–Trinajstić information content (AvgIpc) is 3.05. The number of halogens is 1. The van der Waals surface area contributed by atoms with Gasteiger partial charge in [0, 0.05) is 16.7 Å². The van der Waals surface area contributed by atoms with E-state index in [2.05, 4.69) is 39.0 Å². The van der Waals surface area contributed by atoms with Crippen molar-refractivity contribution in [3.63, 3.8) is 0 Å². The molecule has 0 saturated heterocycles. The number of nitrogens with zero attached hydrogens (tertiary/aromatic N) is 1. The molecule has 4 rings (SSSR count). The highest BCUT2D eigenvalue weighted by Gasteiger charge is 2.59. The summed E-state index contributed by atoms with van der Waals surface area (Å²) in [7, 11) is 0. The number of carbonyl (C=O) groups excluding carboxylic acids is 1. The minimum absolute atomic E-state index is 0.136. The zero-order valence-electron chi connectivity index (χ0n) is 10.3. The van der Waals surface area contributed by atoms with Gasteiger partial charge in [-0.3, -0.25) is 4.79 Å². The molecule has 3 aliphatic rings. The molecule has 1 aromatic rings. The molecule has 0 bridgehead atoms. The van der Waals surface area contributed by atoms with Crippen molar-refractivity contribution in [2.75, 3.05) is 11.4 Å². The van der Waals surface area contributed by atoms with Gasteiger partial charge in [-0.1, -0.05) is 22.4 Å². The number of hydrogen-bond donors (Lipinski definition) is 0. The van der Waals surface area contributed by atoms with Crippen LogP contribution in [0.4, 0.5) is 5.69 Å². The molecule has 0 atom stereocenters. The van der Waals surface area contributed by atoms with E-state index in [4.69, 9.17) is 0 Å². The Balaban J connectivity index is 1.75. The van der Waals surface area contributed by atoms with Crippen molar-refractivity contribution in [3.05, 3.63) is 28.2 Å². The molecule has 2 fully saturated rings. The lowest BCUT2D eigenvalue weighted by Gasteiger charge is -2.30. The van der Waals surface area contributed by atoms with Crippen LogP contribution in [0.5, 0.6) is 0 Å². The molecule has 3 heteroatoms. The Bertz CT molecular complexity index is 531. The number of rotatable bonds is 2. The van der Waals surface area contributed by atoms with E-state index in [0.717, 1.165) is 29.8 Å². The summed E-state index contributed by atoms with van der Waals surface area (Å²) in [5.41, 5.74) is 2.30. The first kappa shape index (κ1) is 11.0. The summed E-state index contributed by atoms with van der Waals surface area (Å²) in [4.78, 5) is 14.7. The molecule has 2 nitrogen and oxygen atoms in total. The summed E-state index contributed by atoms with van der Waals surface area (Å²) in [5.74, 6) is 1.10. The Kier molecular flexibility index (Phi) is 2.20. The summed E-state index contributed by atoms with van der Waals surface area (Å²) in [6.45, 7) is 0.940. The molecule has 1 aromatic carbocycles. The first-order valence-electron chi connectivity index (χ1n) is 6.83. The van der Waals surface area contributed by atoms with E-state index < -0.39 is 0 Å². The van der Waals surface area contributed by atoms with E-state index in [1.54, 1.807) is 0 Å². The summed E-state index contributed by atoms with van der Waals surface area (Å²) in [6, 6.07) is 6.32. The van der Waals surface area contributed by atoms with Gasteiger partial charge in [0.2, 0.25) is 5.91 Å². The molecule has 1 spiro atoms. The van der Waals surface area contributed by atoms with Gasteiger partial charge in [0.1, 0.15) is 0 Å². The summed E-state index contributed by atoms with van der Waals surface area (Å²) in [5, 5.41) is 0. The van der Waals surface area contributed by atoms with Crippen molar-refractivity contribution in [1.82, 2.24) is 0 Å². The Hall–Kier alpha value is -0.830. The largest absolute Gasteiger partial charge is 0.311 e. The maximum Gasteiger partial charge on any atom is 0.237 e. The van der Waals surface area contributed by atoms with Crippen molar-refractivity contribution < 1.29 is 4.79 Å². The molecule has 1 heterocycles. The SMILES string of the molecule is O=C1N(CC2CCC2)c2ccc(Br)cc2C12CC2. The van der Waals surface area contributed by atoms with Gasteiger partial charge in [0.15, 0.2) is 0 Å². The number of hydrogen-bond acceptors (Lipinski definition) is 1. The fraction of sp³-hybridized carbons (Fsp3) is 0.533. The van der Waals surface area contributed by atoms with Crippen LogP contribution in [0.15, 0.2) is 22.7 Å². The number of fused-ring (bicyclic) bond motifs is 2. The fourth-order valence-corrected chi connectivity index (χ4v) is 3.69. The highest BCUT2D eigenvalue weighted by atomic mass is 79.9. The predicted octanol–water partition coefficient (Wildman–Crippen LogP) is 3.63. The molecule has 18 heavy (non-hydrogen) atoms. The first-order chi connectivity index (χ1) is 8.71. The third-order valence-electron chi connectivity index (χ3n) is 4.84. The summed E-state index contributed by atoms with van der Waals surface area (Å²) < 4.78 is 1.09. The lowest BCUT2D eigenvalue weighted by Crippen LogP contribution is -2.37. The third kappa shape index (κ3) is 1.37. The van der Waals surface area contributed by atoms with Crippen LogP contribution in [0.3, 0.4) is 0 Å². The van der Waals surface area contributed by atoms with Gasteiger partial charge in [-0.05, 0) is 55.4 Å². The van der Waals surface area contributed by atoms with Gasteiger partial charge in [-0.25, -0.2) is 0 Å². The van der Waals surface area contributed by atoms with Crippen LogP contribution >= 0.6 is 15.9 Å². The highest BCUT2D eigenvalue weighted by molar-refractivity contribution is 9.10. The molecule has 94 valence electrons. The van der Waals surface area contributed by atoms with Crippen molar-refractivity contribution in [2.24, 2.45) is 5.92 Å². The third-order valence-corrected chi connectivity index (χ3v) is 5.33. The topological polar surface area (TPSA) is 20.3 Å². The van der Waals surface area contributed by atoms with Crippen LogP contribution < -0.4 is 4.90 Å². The van der Waals surface area contributed by atoms with Crippen LogP contribution in [0.1, 0.15) is 37.7 Å². The highest BCUT2D eigenvalue weighted by Crippen LogP contribution is 2.58. The number of benzene rings is 1. The molecule has 0 unspecified atom stereocenters. The van der Waals surface area contributed by atoms with Gasteiger partial charge in [0.05, 0.1) is 5.41 Å². The predicted molar refractivity (Wildman–Crippen MR) is 74.7 cm³/mol. The zero-order chi connectivity index (χ0) is 12.3. The molecule has 1 aliphatic heterocycles. The van der Waals surface area contributed by atoms with E-state index in [0.29, 0.717) is 5.91 Å². The lowest BCUT2D eigenvalue weighted by molar-refractivity contribution is -0.120. The smallest absolute Gasteiger partial charge is 0.237 e. The standard InChI is InChI=1S/C15H16BrNO/c16-11-4-5-13-12(8-11)15(6-7-15)14(18)17(13)9-10-2-1-3-10/h4-5,8,10H,1-3,6-7,9H2. The van der Waals surface area contributed by atoms with Crippen molar-refractivity contribution in [1.29, 1.82) is 0 Å². The second kappa shape index (κ2) is 3.60. The Morgan fingerprint density at radius 1 is 1.33 bits per heavy atom. The second-order valence-corrected chi connectivity index (χ2v) is 6.87. The van der Waals surface area contributed by atoms with E-state index >= 15 is 0 Å². The van der Waals surface area contributed by atoms with Gasteiger partial charge < -0.3 is 4.90 Å². The Morgan fingerprint density at radius 2 is 2.11 bits per heavy atom. The van der Waals surface area contributed by atoms with E-state index in [1.165, 1.54) is 30.5 Å². The molecule has 2 aliphatic carbocycles. The number of carbonyl (C=O) groups is 1. The monoisotopic (exact) mass is 305 g/mol. The van der Waals surface area contributed by atoms with Crippen LogP contribution in [0.2, 0.25) is 0 Å². The Morgan fingerprint density at radius 3 is 2.72 bits per heavy atom. The van der Waals surface area contributed by atoms with Crippen LogP contribution in [0, 0.1) is 5.92 Å². The van der Waals surface area contributed by atoms with Crippen LogP contribution in [0.25, 0.3) is 0 Å². The van der Waals surface area contributed by atoms with E-state index in [1.807, 2.05) is 0 Å². The summed E-state index contributed by atoms with van der Waals surface area (Å²) in [6.07, 6.45) is 6.00. The summed E-state index contributed by atoms with van der Waals surface area (Å²) >= 11 is 3.53. The maximum atomic E-state index is 12.6. The lowest BCUT2D eigenvalue weighted by atomic mass is 9.85. The maximum absolute atomic E-state index is 12.6. The van der Waals surface area contributed by atoms with E-state index in [-0.39, 0.29) is 5.41 Å². The van der Waals surface area contributed by atoms with E-state index in [9.17, 15) is 4.79 Å². The van der Waals surface area contributed by atoms with Crippen molar-refractivity contribution >= 4 is 27.5 Å². The van der Waals surface area contributed by atoms with Gasteiger partial charge >= 0.3 is 0 Å². The molecule has 1 amide bonds. The van der Waals surface area contributed by atoms with Crippen LogP contribution in [-0.2, 0) is 10.2 Å². The number of amides is 1. The van der Waals surface area contributed by atoms with Crippen molar-refractivity contribution in [3.8, 4) is 0 Å².